The molecule has 0 aromatic heterocycles. The molecule has 2 rings (SSSR count). The molecule has 6 heteroatoms. The quantitative estimate of drug-likeness (QED) is 0.854. The summed E-state index contributed by atoms with van der Waals surface area (Å²) in [6, 6.07) is 12.2. The fourth-order valence-corrected chi connectivity index (χ4v) is 1.82. The lowest BCUT2D eigenvalue weighted by Gasteiger charge is -2.12. The molecular weight excluding hydrogens is 281 g/mol. The molecule has 1 amide bonds. The van der Waals surface area contributed by atoms with Crippen LogP contribution < -0.4 is 11.1 Å². The number of hydrogen-bond acceptors (Lipinski definition) is 2. The molecule has 0 aliphatic carbocycles. The Morgan fingerprint density at radius 1 is 1.10 bits per heavy atom. The Morgan fingerprint density at radius 2 is 1.76 bits per heavy atom. The van der Waals surface area contributed by atoms with E-state index in [9.17, 15) is 18.0 Å². The predicted molar refractivity (Wildman–Crippen MR) is 73.5 cm³/mol. The fourth-order valence-electron chi connectivity index (χ4n) is 1.82. The van der Waals surface area contributed by atoms with Crippen molar-refractivity contribution >= 4 is 11.6 Å². The van der Waals surface area contributed by atoms with Crippen LogP contribution in [0.1, 0.15) is 21.5 Å². The van der Waals surface area contributed by atoms with E-state index in [1.165, 1.54) is 6.07 Å². The van der Waals surface area contributed by atoms with E-state index in [4.69, 9.17) is 5.73 Å². The van der Waals surface area contributed by atoms with Crippen molar-refractivity contribution in [2.24, 2.45) is 0 Å². The molecule has 0 atom stereocenters. The maximum absolute atomic E-state index is 12.7. The van der Waals surface area contributed by atoms with Gasteiger partial charge in [0.15, 0.2) is 0 Å². The SMILES string of the molecule is Nc1ccc(C(=O)NCc2ccccc2)cc1C(F)(F)F. The summed E-state index contributed by atoms with van der Waals surface area (Å²) < 4.78 is 38.2. The number of carbonyl (C=O) groups excluding carboxylic acids is 1. The van der Waals surface area contributed by atoms with Crippen LogP contribution in [0, 0.1) is 0 Å². The zero-order valence-corrected chi connectivity index (χ0v) is 10.9. The zero-order valence-electron chi connectivity index (χ0n) is 10.9. The summed E-state index contributed by atoms with van der Waals surface area (Å²) >= 11 is 0. The summed E-state index contributed by atoms with van der Waals surface area (Å²) in [5, 5.41) is 2.57. The van der Waals surface area contributed by atoms with Crippen LogP contribution in [0.15, 0.2) is 48.5 Å². The molecule has 110 valence electrons. The van der Waals surface area contributed by atoms with Gasteiger partial charge in [-0.05, 0) is 23.8 Å². The minimum atomic E-state index is -4.58. The van der Waals surface area contributed by atoms with Crippen LogP contribution in [0.25, 0.3) is 0 Å². The van der Waals surface area contributed by atoms with Gasteiger partial charge in [-0.25, -0.2) is 0 Å². The molecule has 2 aromatic rings. The average Bonchev–Trinajstić information content (AvgIpc) is 2.45. The van der Waals surface area contributed by atoms with E-state index >= 15 is 0 Å². The zero-order chi connectivity index (χ0) is 15.5. The van der Waals surface area contributed by atoms with Crippen molar-refractivity contribution < 1.29 is 18.0 Å². The first-order valence-corrected chi connectivity index (χ1v) is 6.17. The Hall–Kier alpha value is -2.50. The third-order valence-electron chi connectivity index (χ3n) is 2.92. The van der Waals surface area contributed by atoms with E-state index in [2.05, 4.69) is 5.32 Å². The molecule has 0 unspecified atom stereocenters. The Balaban J connectivity index is 2.13. The van der Waals surface area contributed by atoms with Gasteiger partial charge in [0, 0.05) is 17.8 Å². The molecule has 0 heterocycles. The summed E-state index contributed by atoms with van der Waals surface area (Å²) in [5.41, 5.74) is 4.67. The van der Waals surface area contributed by atoms with Gasteiger partial charge in [0.05, 0.1) is 5.56 Å². The minimum absolute atomic E-state index is 0.0764. The highest BCUT2D eigenvalue weighted by Crippen LogP contribution is 2.33. The topological polar surface area (TPSA) is 55.1 Å². The van der Waals surface area contributed by atoms with E-state index in [1.54, 1.807) is 0 Å². The van der Waals surface area contributed by atoms with E-state index in [0.29, 0.717) is 0 Å². The van der Waals surface area contributed by atoms with Crippen LogP contribution in [-0.2, 0) is 12.7 Å². The Bertz CT molecular complexity index is 639. The number of nitrogens with one attached hydrogen (secondary N) is 1. The number of alkyl halides is 3. The number of nitrogens with two attached hydrogens (primary N) is 1. The monoisotopic (exact) mass is 294 g/mol. The van der Waals surface area contributed by atoms with Crippen molar-refractivity contribution in [2.45, 2.75) is 12.7 Å². The number of carbonyl (C=O) groups is 1. The van der Waals surface area contributed by atoms with Crippen LogP contribution in [0.2, 0.25) is 0 Å². The number of amides is 1. The maximum atomic E-state index is 12.7. The van der Waals surface area contributed by atoms with Gasteiger partial charge in [-0.1, -0.05) is 30.3 Å². The third kappa shape index (κ3) is 3.75. The average molecular weight is 294 g/mol. The molecule has 0 bridgehead atoms. The molecule has 0 aliphatic rings. The number of hydrogen-bond donors (Lipinski definition) is 2. The summed E-state index contributed by atoms with van der Waals surface area (Å²) in [6.45, 7) is 0.241. The summed E-state index contributed by atoms with van der Waals surface area (Å²) in [4.78, 5) is 11.9. The second kappa shape index (κ2) is 5.87. The van der Waals surface area contributed by atoms with Crippen molar-refractivity contribution in [3.8, 4) is 0 Å². The molecule has 21 heavy (non-hydrogen) atoms. The van der Waals surface area contributed by atoms with Crippen molar-refractivity contribution in [3.05, 3.63) is 65.2 Å². The van der Waals surface area contributed by atoms with Gasteiger partial charge in [0.25, 0.3) is 5.91 Å². The number of rotatable bonds is 3. The second-order valence-corrected chi connectivity index (χ2v) is 4.47. The van der Waals surface area contributed by atoms with Crippen molar-refractivity contribution in [1.82, 2.24) is 5.32 Å². The van der Waals surface area contributed by atoms with Crippen LogP contribution in [0.3, 0.4) is 0 Å². The highest BCUT2D eigenvalue weighted by molar-refractivity contribution is 5.94. The lowest BCUT2D eigenvalue weighted by atomic mass is 10.1. The van der Waals surface area contributed by atoms with Crippen LogP contribution >= 0.6 is 0 Å². The van der Waals surface area contributed by atoms with Gasteiger partial charge in [0.2, 0.25) is 0 Å². The molecule has 3 N–H and O–H groups in total. The molecule has 0 radical (unpaired) electrons. The largest absolute Gasteiger partial charge is 0.418 e. The Labute approximate surface area is 119 Å². The van der Waals surface area contributed by atoms with E-state index in [0.717, 1.165) is 17.7 Å². The minimum Gasteiger partial charge on any atom is -0.398 e. The highest BCUT2D eigenvalue weighted by Gasteiger charge is 2.33. The first-order valence-electron chi connectivity index (χ1n) is 6.17. The summed E-state index contributed by atoms with van der Waals surface area (Å²) in [5.74, 6) is -0.579. The van der Waals surface area contributed by atoms with E-state index in [1.807, 2.05) is 30.3 Å². The number of anilines is 1. The molecule has 0 saturated carbocycles. The van der Waals surface area contributed by atoms with Gasteiger partial charge in [0.1, 0.15) is 0 Å². The first-order chi connectivity index (χ1) is 9.88. The highest BCUT2D eigenvalue weighted by atomic mass is 19.4. The molecule has 2 aromatic carbocycles. The van der Waals surface area contributed by atoms with Crippen LogP contribution in [-0.4, -0.2) is 5.91 Å². The van der Waals surface area contributed by atoms with E-state index in [-0.39, 0.29) is 12.1 Å². The third-order valence-corrected chi connectivity index (χ3v) is 2.92. The van der Waals surface area contributed by atoms with Crippen LogP contribution in [0.5, 0.6) is 0 Å². The van der Waals surface area contributed by atoms with Gasteiger partial charge in [-0.15, -0.1) is 0 Å². The van der Waals surface area contributed by atoms with Gasteiger partial charge in [-0.3, -0.25) is 4.79 Å². The molecule has 0 fully saturated rings. The Kier molecular flexibility index (Phi) is 4.16. The first kappa shape index (κ1) is 14.9. The standard InChI is InChI=1S/C15H13F3N2O/c16-15(17,18)12-8-11(6-7-13(12)19)14(21)20-9-10-4-2-1-3-5-10/h1-8H,9,19H2,(H,20,21). The van der Waals surface area contributed by atoms with E-state index < -0.39 is 23.3 Å². The lowest BCUT2D eigenvalue weighted by Crippen LogP contribution is -2.23. The predicted octanol–water partition coefficient (Wildman–Crippen LogP) is 3.22. The van der Waals surface area contributed by atoms with Gasteiger partial charge < -0.3 is 11.1 Å². The molecule has 0 saturated heterocycles. The second-order valence-electron chi connectivity index (χ2n) is 4.47. The lowest BCUT2D eigenvalue weighted by molar-refractivity contribution is -0.136. The molecule has 3 nitrogen and oxygen atoms in total. The number of halogens is 3. The Morgan fingerprint density at radius 3 is 2.38 bits per heavy atom. The molecule has 0 aliphatic heterocycles. The van der Waals surface area contributed by atoms with Gasteiger partial charge in [-0.2, -0.15) is 13.2 Å². The smallest absolute Gasteiger partial charge is 0.398 e. The number of benzene rings is 2. The van der Waals surface area contributed by atoms with Gasteiger partial charge >= 0.3 is 6.18 Å². The van der Waals surface area contributed by atoms with Crippen LogP contribution in [0.4, 0.5) is 18.9 Å². The van der Waals surface area contributed by atoms with Crippen molar-refractivity contribution in [2.75, 3.05) is 5.73 Å². The maximum Gasteiger partial charge on any atom is 0.418 e. The number of nitrogen functional groups attached to an aromatic ring is 1. The normalized spacial score (nSPS) is 11.2. The van der Waals surface area contributed by atoms with Crippen molar-refractivity contribution in [1.29, 1.82) is 0 Å². The molecule has 0 spiro atoms. The molecular formula is C15H13F3N2O. The fraction of sp³-hybridized carbons (Fsp3) is 0.133. The van der Waals surface area contributed by atoms with Crippen molar-refractivity contribution in [3.63, 3.8) is 0 Å². The summed E-state index contributed by atoms with van der Waals surface area (Å²) in [7, 11) is 0. The summed E-state index contributed by atoms with van der Waals surface area (Å²) in [6.07, 6.45) is -4.58.